The van der Waals surface area contributed by atoms with Gasteiger partial charge >= 0.3 is 0 Å². The van der Waals surface area contributed by atoms with Crippen molar-refractivity contribution >= 4 is 5.91 Å². The van der Waals surface area contributed by atoms with Gasteiger partial charge in [0.25, 0.3) is 5.91 Å². The minimum atomic E-state index is -0.859. The van der Waals surface area contributed by atoms with Gasteiger partial charge in [0.2, 0.25) is 0 Å². The smallest absolute Gasteiger partial charge is 0.287 e. The van der Waals surface area contributed by atoms with E-state index in [0.29, 0.717) is 5.76 Å². The number of aliphatic hydroxyl groups excluding tert-OH is 1. The normalized spacial score (nSPS) is 12.4. The Balaban J connectivity index is 1.88. The molecule has 0 aliphatic rings. The monoisotopic (exact) mass is 235 g/mol. The Morgan fingerprint density at radius 2 is 2.29 bits per heavy atom. The summed E-state index contributed by atoms with van der Waals surface area (Å²) < 4.78 is 10.2. The number of rotatable bonds is 4. The summed E-state index contributed by atoms with van der Waals surface area (Å²) in [4.78, 5) is 11.5. The van der Waals surface area contributed by atoms with Crippen molar-refractivity contribution in [3.8, 4) is 0 Å². The molecule has 0 aliphatic carbocycles. The second-order valence-electron chi connectivity index (χ2n) is 3.65. The van der Waals surface area contributed by atoms with E-state index in [9.17, 15) is 9.90 Å². The Morgan fingerprint density at radius 3 is 2.88 bits per heavy atom. The maximum absolute atomic E-state index is 11.5. The summed E-state index contributed by atoms with van der Waals surface area (Å²) in [5.74, 6) is 1.00. The average Bonchev–Trinajstić information content (AvgIpc) is 2.95. The Hall–Kier alpha value is -2.01. The first-order chi connectivity index (χ1) is 8.16. The van der Waals surface area contributed by atoms with E-state index >= 15 is 0 Å². The van der Waals surface area contributed by atoms with Crippen LogP contribution in [0.5, 0.6) is 0 Å². The molecule has 2 N–H and O–H groups in total. The molecule has 0 aromatic carbocycles. The van der Waals surface area contributed by atoms with Crippen molar-refractivity contribution in [2.75, 3.05) is 6.54 Å². The number of furan rings is 2. The average molecular weight is 235 g/mol. The molecule has 0 spiro atoms. The highest BCUT2D eigenvalue weighted by Gasteiger charge is 2.14. The maximum atomic E-state index is 11.5. The molecule has 0 saturated carbocycles. The quantitative estimate of drug-likeness (QED) is 0.844. The zero-order valence-electron chi connectivity index (χ0n) is 9.34. The van der Waals surface area contributed by atoms with E-state index in [1.165, 1.54) is 6.26 Å². The molecule has 1 amide bonds. The third kappa shape index (κ3) is 2.76. The summed E-state index contributed by atoms with van der Waals surface area (Å²) in [6.07, 6.45) is 0.559. The van der Waals surface area contributed by atoms with E-state index in [2.05, 4.69) is 5.32 Å². The number of hydrogen-bond donors (Lipinski definition) is 2. The molecule has 1 atom stereocenters. The van der Waals surface area contributed by atoms with Gasteiger partial charge in [-0.25, -0.2) is 0 Å². The molecule has 2 aromatic heterocycles. The second kappa shape index (κ2) is 4.88. The molecule has 2 aromatic rings. The fourth-order valence-electron chi connectivity index (χ4n) is 1.42. The van der Waals surface area contributed by atoms with Crippen LogP contribution in [0.15, 0.2) is 39.4 Å². The molecule has 0 radical (unpaired) electrons. The van der Waals surface area contributed by atoms with Crippen LogP contribution >= 0.6 is 0 Å². The Morgan fingerprint density at radius 1 is 1.47 bits per heavy atom. The number of aliphatic hydroxyl groups is 1. The fraction of sp³-hybridized carbons (Fsp3) is 0.250. The van der Waals surface area contributed by atoms with Crippen molar-refractivity contribution in [3.05, 3.63) is 47.8 Å². The van der Waals surface area contributed by atoms with Crippen LogP contribution in [0.25, 0.3) is 0 Å². The molecular weight excluding hydrogens is 222 g/mol. The lowest BCUT2D eigenvalue weighted by Gasteiger charge is -2.08. The van der Waals surface area contributed by atoms with Gasteiger partial charge in [-0.2, -0.15) is 0 Å². The summed E-state index contributed by atoms with van der Waals surface area (Å²) in [7, 11) is 0. The topological polar surface area (TPSA) is 75.6 Å². The first-order valence-electron chi connectivity index (χ1n) is 5.23. The molecule has 2 heterocycles. The lowest BCUT2D eigenvalue weighted by atomic mass is 10.2. The van der Waals surface area contributed by atoms with Gasteiger partial charge in [-0.3, -0.25) is 4.79 Å². The first kappa shape index (κ1) is 11.5. The van der Waals surface area contributed by atoms with Crippen molar-refractivity contribution in [3.63, 3.8) is 0 Å². The number of nitrogens with one attached hydrogen (secondary N) is 1. The van der Waals surface area contributed by atoms with Crippen LogP contribution in [0.1, 0.15) is 28.2 Å². The third-order valence-corrected chi connectivity index (χ3v) is 2.29. The predicted octanol–water partition coefficient (Wildman–Crippen LogP) is 1.64. The SMILES string of the molecule is Cc1ccc(C(O)CNC(=O)c2ccco2)o1. The van der Waals surface area contributed by atoms with E-state index in [-0.39, 0.29) is 18.2 Å². The van der Waals surface area contributed by atoms with Gasteiger partial charge in [-0.15, -0.1) is 0 Å². The minimum absolute atomic E-state index is 0.0759. The summed E-state index contributed by atoms with van der Waals surface area (Å²) in [6, 6.07) is 6.62. The van der Waals surface area contributed by atoms with Crippen LogP contribution < -0.4 is 5.32 Å². The van der Waals surface area contributed by atoms with Gasteiger partial charge in [0.05, 0.1) is 12.8 Å². The van der Waals surface area contributed by atoms with Crippen LogP contribution in [0.4, 0.5) is 0 Å². The van der Waals surface area contributed by atoms with Crippen LogP contribution in [0, 0.1) is 6.92 Å². The number of amides is 1. The molecule has 2 rings (SSSR count). The van der Waals surface area contributed by atoms with Crippen molar-refractivity contribution in [2.24, 2.45) is 0 Å². The number of hydrogen-bond acceptors (Lipinski definition) is 4. The van der Waals surface area contributed by atoms with Gasteiger partial charge in [0.1, 0.15) is 17.6 Å². The number of aryl methyl sites for hydroxylation is 1. The highest BCUT2D eigenvalue weighted by molar-refractivity contribution is 5.91. The van der Waals surface area contributed by atoms with E-state index in [1.807, 2.05) is 0 Å². The molecule has 0 bridgehead atoms. The van der Waals surface area contributed by atoms with E-state index in [0.717, 1.165) is 5.76 Å². The lowest BCUT2D eigenvalue weighted by Crippen LogP contribution is -2.27. The number of carbonyl (C=O) groups is 1. The molecule has 17 heavy (non-hydrogen) atoms. The third-order valence-electron chi connectivity index (χ3n) is 2.29. The highest BCUT2D eigenvalue weighted by Crippen LogP contribution is 2.15. The minimum Gasteiger partial charge on any atom is -0.464 e. The van der Waals surface area contributed by atoms with Crippen molar-refractivity contribution < 1.29 is 18.7 Å². The maximum Gasteiger partial charge on any atom is 0.287 e. The molecule has 90 valence electrons. The Labute approximate surface area is 98.0 Å². The largest absolute Gasteiger partial charge is 0.464 e. The van der Waals surface area contributed by atoms with Gasteiger partial charge < -0.3 is 19.3 Å². The van der Waals surface area contributed by atoms with Crippen molar-refractivity contribution in [1.29, 1.82) is 0 Å². The van der Waals surface area contributed by atoms with Gasteiger partial charge in [-0.1, -0.05) is 0 Å². The van der Waals surface area contributed by atoms with Crippen molar-refractivity contribution in [1.82, 2.24) is 5.32 Å². The zero-order valence-corrected chi connectivity index (χ0v) is 9.34. The van der Waals surface area contributed by atoms with E-state index < -0.39 is 6.10 Å². The summed E-state index contributed by atoms with van der Waals surface area (Å²) in [6.45, 7) is 1.87. The number of carbonyl (C=O) groups excluding carboxylic acids is 1. The molecular formula is C12H13NO4. The van der Waals surface area contributed by atoms with E-state index in [4.69, 9.17) is 8.83 Å². The molecule has 5 nitrogen and oxygen atoms in total. The predicted molar refractivity (Wildman–Crippen MR) is 59.4 cm³/mol. The van der Waals surface area contributed by atoms with Crippen LogP contribution in [0.2, 0.25) is 0 Å². The zero-order chi connectivity index (χ0) is 12.3. The highest BCUT2D eigenvalue weighted by atomic mass is 16.4. The molecule has 5 heteroatoms. The summed E-state index contributed by atoms with van der Waals surface area (Å²) in [5, 5.41) is 12.3. The molecule has 0 saturated heterocycles. The first-order valence-corrected chi connectivity index (χ1v) is 5.23. The van der Waals surface area contributed by atoms with Crippen LogP contribution in [0.3, 0.4) is 0 Å². The van der Waals surface area contributed by atoms with Crippen molar-refractivity contribution in [2.45, 2.75) is 13.0 Å². The summed E-state index contributed by atoms with van der Waals surface area (Å²) >= 11 is 0. The van der Waals surface area contributed by atoms with Crippen LogP contribution in [-0.2, 0) is 0 Å². The fourth-order valence-corrected chi connectivity index (χ4v) is 1.42. The standard InChI is InChI=1S/C12H13NO4/c1-8-4-5-10(17-8)9(14)7-13-12(15)11-3-2-6-16-11/h2-6,9,14H,7H2,1H3,(H,13,15). The Bertz CT molecular complexity index is 486. The molecule has 1 unspecified atom stereocenters. The van der Waals surface area contributed by atoms with Gasteiger partial charge in [0, 0.05) is 0 Å². The molecule has 0 fully saturated rings. The van der Waals surface area contributed by atoms with Gasteiger partial charge in [-0.05, 0) is 31.2 Å². The Kier molecular flexibility index (Phi) is 3.30. The van der Waals surface area contributed by atoms with Crippen LogP contribution in [-0.4, -0.2) is 17.6 Å². The lowest BCUT2D eigenvalue weighted by molar-refractivity contribution is 0.0874. The van der Waals surface area contributed by atoms with Gasteiger partial charge in [0.15, 0.2) is 5.76 Å². The van der Waals surface area contributed by atoms with E-state index in [1.54, 1.807) is 31.2 Å². The second-order valence-corrected chi connectivity index (χ2v) is 3.65. The molecule has 0 aliphatic heterocycles. The summed E-state index contributed by atoms with van der Waals surface area (Å²) in [5.41, 5.74) is 0.